The minimum Gasteiger partial charge on any atom is -0.497 e. The zero-order chi connectivity index (χ0) is 23.8. The van der Waals surface area contributed by atoms with E-state index in [1.165, 1.54) is 0 Å². The molecule has 6 nitrogen and oxygen atoms in total. The highest BCUT2D eigenvalue weighted by Gasteiger charge is 2.31. The van der Waals surface area contributed by atoms with Crippen LogP contribution in [0.2, 0.25) is 10.0 Å². The molecule has 0 spiro atoms. The van der Waals surface area contributed by atoms with Crippen molar-refractivity contribution in [1.29, 1.82) is 0 Å². The maximum atomic E-state index is 13.3. The Morgan fingerprint density at radius 3 is 2.36 bits per heavy atom. The second kappa shape index (κ2) is 12.1. The summed E-state index contributed by atoms with van der Waals surface area (Å²) in [6, 6.07) is 11.6. The summed E-state index contributed by atoms with van der Waals surface area (Å²) in [5.41, 5.74) is 0.714. The van der Waals surface area contributed by atoms with E-state index in [9.17, 15) is 9.59 Å². The topological polar surface area (TPSA) is 67.9 Å². The van der Waals surface area contributed by atoms with Crippen LogP contribution in [0.1, 0.15) is 44.6 Å². The summed E-state index contributed by atoms with van der Waals surface area (Å²) in [7, 11) is 1.58. The van der Waals surface area contributed by atoms with E-state index in [0.717, 1.165) is 25.7 Å². The number of hydrogen-bond donors (Lipinski definition) is 1. The highest BCUT2D eigenvalue weighted by Crippen LogP contribution is 2.25. The van der Waals surface area contributed by atoms with Gasteiger partial charge in [0.25, 0.3) is 5.91 Å². The van der Waals surface area contributed by atoms with Crippen molar-refractivity contribution < 1.29 is 19.1 Å². The number of nitrogens with zero attached hydrogens (tertiary/aromatic N) is 1. The third-order valence-electron chi connectivity index (χ3n) is 5.87. The molecule has 3 rings (SSSR count). The second-order valence-electron chi connectivity index (χ2n) is 8.14. The van der Waals surface area contributed by atoms with Crippen molar-refractivity contribution in [2.45, 2.75) is 57.7 Å². The number of methoxy groups -OCH3 is 1. The first-order valence-electron chi connectivity index (χ1n) is 11.2. The second-order valence-corrected chi connectivity index (χ2v) is 8.98. The Bertz CT molecular complexity index is 946. The number of carbonyl (C=O) groups excluding carboxylic acids is 2. The average Bonchev–Trinajstić information content (AvgIpc) is 3.32. The van der Waals surface area contributed by atoms with Crippen molar-refractivity contribution in [2.75, 3.05) is 13.7 Å². The van der Waals surface area contributed by atoms with Crippen LogP contribution in [0.15, 0.2) is 42.5 Å². The van der Waals surface area contributed by atoms with E-state index in [1.807, 2.05) is 6.92 Å². The Balaban J connectivity index is 1.77. The molecule has 178 valence electrons. The van der Waals surface area contributed by atoms with E-state index in [0.29, 0.717) is 33.5 Å². The molecule has 1 saturated carbocycles. The highest BCUT2D eigenvalue weighted by atomic mass is 35.5. The first-order chi connectivity index (χ1) is 15.9. The van der Waals surface area contributed by atoms with Gasteiger partial charge in [0.15, 0.2) is 6.61 Å². The number of benzene rings is 2. The molecule has 1 fully saturated rings. The van der Waals surface area contributed by atoms with E-state index in [1.54, 1.807) is 54.5 Å². The fraction of sp³-hybridized carbons (Fsp3) is 0.440. The van der Waals surface area contributed by atoms with Gasteiger partial charge < -0.3 is 19.7 Å². The third-order valence-corrected chi connectivity index (χ3v) is 6.45. The zero-order valence-corrected chi connectivity index (χ0v) is 20.5. The summed E-state index contributed by atoms with van der Waals surface area (Å²) in [5.74, 6) is 0.789. The van der Waals surface area contributed by atoms with Crippen LogP contribution in [0.3, 0.4) is 0 Å². The van der Waals surface area contributed by atoms with Gasteiger partial charge in [0.05, 0.1) is 7.11 Å². The predicted molar refractivity (Wildman–Crippen MR) is 130 cm³/mol. The van der Waals surface area contributed by atoms with Gasteiger partial charge in [-0.05, 0) is 61.2 Å². The Hall–Kier alpha value is -2.44. The first-order valence-corrected chi connectivity index (χ1v) is 12.0. The van der Waals surface area contributed by atoms with Gasteiger partial charge in [-0.15, -0.1) is 0 Å². The first kappa shape index (κ1) is 25.2. The fourth-order valence-electron chi connectivity index (χ4n) is 4.02. The van der Waals surface area contributed by atoms with E-state index in [2.05, 4.69) is 5.32 Å². The summed E-state index contributed by atoms with van der Waals surface area (Å²) >= 11 is 12.4. The molecule has 0 aromatic heterocycles. The van der Waals surface area contributed by atoms with Crippen molar-refractivity contribution in [3.63, 3.8) is 0 Å². The zero-order valence-electron chi connectivity index (χ0n) is 19.0. The molecule has 1 atom stereocenters. The van der Waals surface area contributed by atoms with Crippen LogP contribution in [0, 0.1) is 0 Å². The van der Waals surface area contributed by atoms with Crippen LogP contribution in [-0.2, 0) is 16.1 Å². The predicted octanol–water partition coefficient (Wildman–Crippen LogP) is 5.25. The van der Waals surface area contributed by atoms with Crippen LogP contribution in [0.25, 0.3) is 0 Å². The maximum Gasteiger partial charge on any atom is 0.261 e. The third kappa shape index (κ3) is 7.02. The van der Waals surface area contributed by atoms with Crippen LogP contribution < -0.4 is 14.8 Å². The van der Waals surface area contributed by atoms with Gasteiger partial charge in [-0.25, -0.2) is 0 Å². The molecule has 0 radical (unpaired) electrons. The summed E-state index contributed by atoms with van der Waals surface area (Å²) in [4.78, 5) is 28.0. The monoisotopic (exact) mass is 492 g/mol. The summed E-state index contributed by atoms with van der Waals surface area (Å²) in [6.45, 7) is 1.87. The van der Waals surface area contributed by atoms with E-state index >= 15 is 0 Å². The van der Waals surface area contributed by atoms with E-state index in [-0.39, 0.29) is 31.0 Å². The lowest BCUT2D eigenvalue weighted by atomic mass is 10.1. The van der Waals surface area contributed by atoms with Crippen LogP contribution >= 0.6 is 23.2 Å². The van der Waals surface area contributed by atoms with Crippen molar-refractivity contribution in [3.05, 3.63) is 58.1 Å². The number of hydrogen-bond acceptors (Lipinski definition) is 4. The SMILES string of the molecule is CC[C@H](C(=O)NC1CCCC1)N(Cc1ccc(Cl)cc1Cl)C(=O)COc1ccc(OC)cc1. The van der Waals surface area contributed by atoms with E-state index in [4.69, 9.17) is 32.7 Å². The number of ether oxygens (including phenoxy) is 2. The molecule has 1 aliphatic rings. The standard InChI is InChI=1S/C25H30Cl2N2O4/c1-3-23(25(31)28-19-6-4-5-7-19)29(15-17-8-9-18(26)14-22(17)27)24(30)16-33-21-12-10-20(32-2)11-13-21/h8-14,19,23H,3-7,15-16H2,1-2H3,(H,28,31)/t23-/m1/s1. The van der Waals surface area contributed by atoms with Gasteiger partial charge >= 0.3 is 0 Å². The quantitative estimate of drug-likeness (QED) is 0.491. The molecule has 0 heterocycles. The summed E-state index contributed by atoms with van der Waals surface area (Å²) in [6.07, 6.45) is 4.64. The normalized spacial score (nSPS) is 14.5. The lowest BCUT2D eigenvalue weighted by Gasteiger charge is -2.31. The van der Waals surface area contributed by atoms with Crippen LogP contribution in [-0.4, -0.2) is 42.5 Å². The summed E-state index contributed by atoms with van der Waals surface area (Å²) < 4.78 is 10.9. The van der Waals surface area contributed by atoms with Gasteiger partial charge in [0.2, 0.25) is 5.91 Å². The molecule has 2 amide bonds. The number of nitrogens with one attached hydrogen (secondary N) is 1. The molecule has 0 saturated heterocycles. The number of rotatable bonds is 10. The number of halogens is 2. The number of carbonyl (C=O) groups is 2. The fourth-order valence-corrected chi connectivity index (χ4v) is 4.49. The van der Waals surface area contributed by atoms with Gasteiger partial charge in [-0.1, -0.05) is 49.0 Å². The molecular formula is C25H30Cl2N2O4. The van der Waals surface area contributed by atoms with Crippen molar-refractivity contribution in [1.82, 2.24) is 10.2 Å². The molecule has 33 heavy (non-hydrogen) atoms. The van der Waals surface area contributed by atoms with Crippen molar-refractivity contribution >= 4 is 35.0 Å². The molecule has 1 aliphatic carbocycles. The molecule has 8 heteroatoms. The lowest BCUT2D eigenvalue weighted by molar-refractivity contribution is -0.143. The molecule has 2 aromatic rings. The van der Waals surface area contributed by atoms with Crippen molar-refractivity contribution in [2.24, 2.45) is 0 Å². The maximum absolute atomic E-state index is 13.3. The van der Waals surface area contributed by atoms with Crippen molar-refractivity contribution in [3.8, 4) is 11.5 Å². The molecule has 0 bridgehead atoms. The Morgan fingerprint density at radius 1 is 1.09 bits per heavy atom. The molecule has 1 N–H and O–H groups in total. The Labute approximate surface area is 205 Å². The molecular weight excluding hydrogens is 463 g/mol. The molecule has 0 unspecified atom stereocenters. The minimum atomic E-state index is -0.635. The Morgan fingerprint density at radius 2 is 1.76 bits per heavy atom. The van der Waals surface area contributed by atoms with Gasteiger partial charge in [-0.2, -0.15) is 0 Å². The van der Waals surface area contributed by atoms with Crippen LogP contribution in [0.5, 0.6) is 11.5 Å². The highest BCUT2D eigenvalue weighted by molar-refractivity contribution is 6.35. The average molecular weight is 493 g/mol. The van der Waals surface area contributed by atoms with Gasteiger partial charge in [0, 0.05) is 22.6 Å². The van der Waals surface area contributed by atoms with Gasteiger partial charge in [-0.3, -0.25) is 9.59 Å². The molecule has 0 aliphatic heterocycles. The van der Waals surface area contributed by atoms with Crippen LogP contribution in [0.4, 0.5) is 0 Å². The van der Waals surface area contributed by atoms with E-state index < -0.39 is 6.04 Å². The minimum absolute atomic E-state index is 0.146. The lowest BCUT2D eigenvalue weighted by Crippen LogP contribution is -2.52. The molecule has 2 aromatic carbocycles. The smallest absolute Gasteiger partial charge is 0.261 e. The van der Waals surface area contributed by atoms with Gasteiger partial charge in [0.1, 0.15) is 17.5 Å². The number of amides is 2. The largest absolute Gasteiger partial charge is 0.497 e. The summed E-state index contributed by atoms with van der Waals surface area (Å²) in [5, 5.41) is 4.08. The Kier molecular flexibility index (Phi) is 9.27.